The molecule has 0 saturated heterocycles. The van der Waals surface area contributed by atoms with Crippen molar-refractivity contribution in [3.05, 3.63) is 24.3 Å². The molecule has 6 heteroatoms. The van der Waals surface area contributed by atoms with E-state index >= 15 is 0 Å². The number of carbonyl (C=O) groups is 1. The minimum Gasteiger partial charge on any atom is -0.481 e. The summed E-state index contributed by atoms with van der Waals surface area (Å²) in [6.07, 6.45) is 0. The number of hydrogen-bond acceptors (Lipinski definition) is 5. The summed E-state index contributed by atoms with van der Waals surface area (Å²) in [5, 5.41) is 9.03. The number of benzene rings is 1. The summed E-state index contributed by atoms with van der Waals surface area (Å²) >= 11 is 1.07. The molecule has 0 aliphatic carbocycles. The van der Waals surface area contributed by atoms with Crippen LogP contribution in [0.15, 0.2) is 29.3 Å². The van der Waals surface area contributed by atoms with Gasteiger partial charge in [0.15, 0.2) is 5.82 Å². The van der Waals surface area contributed by atoms with Crippen LogP contribution in [-0.2, 0) is 4.79 Å². The Morgan fingerprint density at radius 2 is 1.94 bits per heavy atom. The molecule has 0 spiro atoms. The number of aromatic nitrogens is 2. The average molecular weight is 235 g/mol. The van der Waals surface area contributed by atoms with Gasteiger partial charge in [-0.1, -0.05) is 23.9 Å². The lowest BCUT2D eigenvalue weighted by molar-refractivity contribution is -0.133. The maximum absolute atomic E-state index is 10.4. The number of anilines is 1. The summed E-state index contributed by atoms with van der Waals surface area (Å²) in [7, 11) is 0. The normalized spacial score (nSPS) is 10.5. The van der Waals surface area contributed by atoms with Gasteiger partial charge in [-0.05, 0) is 12.1 Å². The van der Waals surface area contributed by atoms with Gasteiger partial charge in [-0.25, -0.2) is 9.97 Å². The van der Waals surface area contributed by atoms with E-state index in [0.717, 1.165) is 11.8 Å². The second-order valence-electron chi connectivity index (χ2n) is 3.09. The van der Waals surface area contributed by atoms with Gasteiger partial charge in [0.25, 0.3) is 0 Å². The molecular formula is C10H9N3O2S. The molecule has 2 rings (SSSR count). The lowest BCUT2D eigenvalue weighted by Crippen LogP contribution is -2.02. The lowest BCUT2D eigenvalue weighted by Gasteiger charge is -2.03. The molecule has 0 radical (unpaired) electrons. The fourth-order valence-electron chi connectivity index (χ4n) is 1.23. The molecule has 0 amide bonds. The molecule has 0 unspecified atom stereocenters. The number of carboxylic acids is 1. The van der Waals surface area contributed by atoms with E-state index in [1.54, 1.807) is 0 Å². The zero-order chi connectivity index (χ0) is 11.5. The summed E-state index contributed by atoms with van der Waals surface area (Å²) in [4.78, 5) is 18.9. The Morgan fingerprint density at radius 1 is 1.31 bits per heavy atom. The van der Waals surface area contributed by atoms with Crippen LogP contribution in [0.2, 0.25) is 0 Å². The van der Waals surface area contributed by atoms with Gasteiger partial charge in [-0.15, -0.1) is 0 Å². The molecule has 0 saturated carbocycles. The number of hydrogen-bond donors (Lipinski definition) is 2. The molecule has 82 valence electrons. The predicted octanol–water partition coefficient (Wildman–Crippen LogP) is 1.39. The molecular weight excluding hydrogens is 226 g/mol. The molecule has 5 nitrogen and oxygen atoms in total. The van der Waals surface area contributed by atoms with Gasteiger partial charge >= 0.3 is 5.97 Å². The first-order chi connectivity index (χ1) is 7.66. The number of thioether (sulfide) groups is 1. The summed E-state index contributed by atoms with van der Waals surface area (Å²) < 4.78 is 0. The Bertz CT molecular complexity index is 545. The van der Waals surface area contributed by atoms with Crippen LogP contribution in [0.25, 0.3) is 11.0 Å². The van der Waals surface area contributed by atoms with Gasteiger partial charge < -0.3 is 10.8 Å². The number of nitrogens with two attached hydrogens (primary N) is 1. The zero-order valence-corrected chi connectivity index (χ0v) is 9.07. The van der Waals surface area contributed by atoms with Gasteiger partial charge in [0.05, 0.1) is 16.8 Å². The van der Waals surface area contributed by atoms with Crippen molar-refractivity contribution in [1.29, 1.82) is 0 Å². The maximum Gasteiger partial charge on any atom is 0.313 e. The van der Waals surface area contributed by atoms with E-state index in [4.69, 9.17) is 10.8 Å². The van der Waals surface area contributed by atoms with Gasteiger partial charge in [0.1, 0.15) is 5.03 Å². The third-order valence-corrected chi connectivity index (χ3v) is 2.86. The van der Waals surface area contributed by atoms with Crippen molar-refractivity contribution in [2.75, 3.05) is 11.5 Å². The molecule has 1 aromatic carbocycles. The van der Waals surface area contributed by atoms with Crippen LogP contribution in [0, 0.1) is 0 Å². The molecule has 0 atom stereocenters. The minimum absolute atomic E-state index is 0.0722. The monoisotopic (exact) mass is 235 g/mol. The first-order valence-corrected chi connectivity index (χ1v) is 5.52. The first-order valence-electron chi connectivity index (χ1n) is 4.53. The van der Waals surface area contributed by atoms with Crippen LogP contribution in [0.5, 0.6) is 0 Å². The Labute approximate surface area is 95.7 Å². The molecule has 1 heterocycles. The number of carboxylic acid groups (broad SMARTS) is 1. The van der Waals surface area contributed by atoms with Gasteiger partial charge in [0, 0.05) is 0 Å². The van der Waals surface area contributed by atoms with Crippen molar-refractivity contribution >= 4 is 34.6 Å². The van der Waals surface area contributed by atoms with E-state index < -0.39 is 5.97 Å². The highest BCUT2D eigenvalue weighted by Gasteiger charge is 2.08. The highest BCUT2D eigenvalue weighted by atomic mass is 32.2. The second kappa shape index (κ2) is 4.36. The van der Waals surface area contributed by atoms with Crippen LogP contribution in [-0.4, -0.2) is 26.8 Å². The third-order valence-electron chi connectivity index (χ3n) is 1.90. The molecule has 0 aliphatic heterocycles. The highest BCUT2D eigenvalue weighted by Crippen LogP contribution is 2.23. The van der Waals surface area contributed by atoms with Crippen molar-refractivity contribution in [2.24, 2.45) is 0 Å². The van der Waals surface area contributed by atoms with Gasteiger partial charge in [-0.2, -0.15) is 0 Å². The van der Waals surface area contributed by atoms with E-state index in [2.05, 4.69) is 9.97 Å². The van der Waals surface area contributed by atoms with Crippen LogP contribution in [0.4, 0.5) is 5.82 Å². The highest BCUT2D eigenvalue weighted by molar-refractivity contribution is 8.00. The molecule has 0 bridgehead atoms. The Hall–Kier alpha value is -1.82. The third kappa shape index (κ3) is 2.22. The van der Waals surface area contributed by atoms with Crippen molar-refractivity contribution < 1.29 is 9.90 Å². The standard InChI is InChI=1S/C10H9N3O2S/c11-9-10(16-5-8(14)15)13-7-4-2-1-3-6(7)12-9/h1-4H,5H2,(H2,11,12)(H,14,15). The lowest BCUT2D eigenvalue weighted by atomic mass is 10.3. The van der Waals surface area contributed by atoms with Crippen molar-refractivity contribution in [3.8, 4) is 0 Å². The van der Waals surface area contributed by atoms with Crippen LogP contribution < -0.4 is 5.73 Å². The van der Waals surface area contributed by atoms with E-state index in [9.17, 15) is 4.79 Å². The Kier molecular flexibility index (Phi) is 2.91. The van der Waals surface area contributed by atoms with Crippen molar-refractivity contribution in [3.63, 3.8) is 0 Å². The number of nitrogen functional groups attached to an aromatic ring is 1. The van der Waals surface area contributed by atoms with E-state index in [0.29, 0.717) is 16.1 Å². The van der Waals surface area contributed by atoms with Crippen LogP contribution in [0.3, 0.4) is 0 Å². The van der Waals surface area contributed by atoms with Gasteiger partial charge in [0.2, 0.25) is 0 Å². The number of nitrogens with zero attached hydrogens (tertiary/aromatic N) is 2. The van der Waals surface area contributed by atoms with Crippen molar-refractivity contribution in [2.45, 2.75) is 5.03 Å². The molecule has 0 aliphatic rings. The summed E-state index contributed by atoms with van der Waals surface area (Å²) in [5.74, 6) is -0.707. The number of rotatable bonds is 3. The first kappa shape index (κ1) is 10.7. The fourth-order valence-corrected chi connectivity index (χ4v) is 1.85. The predicted molar refractivity (Wildman–Crippen MR) is 62.3 cm³/mol. The number of fused-ring (bicyclic) bond motifs is 1. The fraction of sp³-hybridized carbons (Fsp3) is 0.100. The topological polar surface area (TPSA) is 89.1 Å². The van der Waals surface area contributed by atoms with E-state index in [1.165, 1.54) is 0 Å². The quantitative estimate of drug-likeness (QED) is 0.781. The number of para-hydroxylation sites is 2. The second-order valence-corrected chi connectivity index (χ2v) is 4.05. The SMILES string of the molecule is Nc1nc2ccccc2nc1SCC(=O)O. The van der Waals surface area contributed by atoms with Crippen LogP contribution >= 0.6 is 11.8 Å². The molecule has 3 N–H and O–H groups in total. The summed E-state index contributed by atoms with van der Waals surface area (Å²) in [6.45, 7) is 0. The summed E-state index contributed by atoms with van der Waals surface area (Å²) in [5.41, 5.74) is 7.11. The molecule has 16 heavy (non-hydrogen) atoms. The van der Waals surface area contributed by atoms with Crippen LogP contribution in [0.1, 0.15) is 0 Å². The smallest absolute Gasteiger partial charge is 0.313 e. The van der Waals surface area contributed by atoms with Gasteiger partial charge in [-0.3, -0.25) is 4.79 Å². The zero-order valence-electron chi connectivity index (χ0n) is 8.25. The Morgan fingerprint density at radius 3 is 2.56 bits per heavy atom. The Balaban J connectivity index is 2.38. The summed E-state index contributed by atoms with van der Waals surface area (Å²) in [6, 6.07) is 7.32. The molecule has 0 fully saturated rings. The van der Waals surface area contributed by atoms with E-state index in [-0.39, 0.29) is 11.6 Å². The van der Waals surface area contributed by atoms with E-state index in [1.807, 2.05) is 24.3 Å². The number of aliphatic carboxylic acids is 1. The average Bonchev–Trinajstić information content (AvgIpc) is 2.26. The molecule has 1 aromatic heterocycles. The largest absolute Gasteiger partial charge is 0.481 e. The minimum atomic E-state index is -0.903. The van der Waals surface area contributed by atoms with Crippen molar-refractivity contribution in [1.82, 2.24) is 9.97 Å². The molecule has 2 aromatic rings. The maximum atomic E-state index is 10.4.